The van der Waals surface area contributed by atoms with Crippen molar-refractivity contribution in [2.24, 2.45) is 0 Å². The number of aliphatic carboxylic acids is 2. The van der Waals surface area contributed by atoms with E-state index >= 15 is 0 Å². The Morgan fingerprint density at radius 3 is 1.94 bits per heavy atom. The van der Waals surface area contributed by atoms with Crippen molar-refractivity contribution in [1.29, 1.82) is 0 Å². The van der Waals surface area contributed by atoms with E-state index in [1.54, 1.807) is 6.92 Å². The highest BCUT2D eigenvalue weighted by Crippen LogP contribution is 2.12. The molecule has 0 aromatic carbocycles. The van der Waals surface area contributed by atoms with Crippen LogP contribution in [0, 0.1) is 0 Å². The molecule has 0 amide bonds. The van der Waals surface area contributed by atoms with Crippen LogP contribution in [0.15, 0.2) is 11.6 Å². The first-order chi connectivity index (χ1) is 8.43. The zero-order chi connectivity index (χ0) is 14.0. The molecule has 0 rings (SSSR count). The number of ketones is 1. The number of hydrogen-bond acceptors (Lipinski definition) is 3. The minimum Gasteiger partial charge on any atom is -0.481 e. The molecule has 5 nitrogen and oxygen atoms in total. The fourth-order valence-corrected chi connectivity index (χ4v) is 1.55. The Balaban J connectivity index is 3.85. The van der Waals surface area contributed by atoms with Gasteiger partial charge in [0.25, 0.3) is 0 Å². The second-order valence-electron chi connectivity index (χ2n) is 4.25. The van der Waals surface area contributed by atoms with Gasteiger partial charge in [0.1, 0.15) is 5.78 Å². The minimum atomic E-state index is -1.06. The fourth-order valence-electron chi connectivity index (χ4n) is 1.55. The number of carbonyl (C=O) groups is 3. The van der Waals surface area contributed by atoms with E-state index in [0.717, 1.165) is 19.3 Å². The molecule has 0 atom stereocenters. The number of carbonyl (C=O) groups excluding carboxylic acids is 1. The Kier molecular flexibility index (Phi) is 8.53. The van der Waals surface area contributed by atoms with E-state index in [1.807, 2.05) is 0 Å². The van der Waals surface area contributed by atoms with Gasteiger partial charge in [-0.1, -0.05) is 18.9 Å². The number of unbranched alkanes of at least 4 members (excludes halogenated alkanes) is 3. The largest absolute Gasteiger partial charge is 0.481 e. The number of hydrogen-bond donors (Lipinski definition) is 2. The summed E-state index contributed by atoms with van der Waals surface area (Å²) in [5.74, 6) is -1.92. The lowest BCUT2D eigenvalue weighted by Gasteiger charge is -2.02. The molecule has 5 heteroatoms. The molecule has 0 aliphatic carbocycles. The molecular formula is C13H20O5. The van der Waals surface area contributed by atoms with Crippen molar-refractivity contribution >= 4 is 17.7 Å². The Labute approximate surface area is 107 Å². The maximum atomic E-state index is 10.8. The summed E-state index contributed by atoms with van der Waals surface area (Å²) in [5, 5.41) is 17.3. The summed E-state index contributed by atoms with van der Waals surface area (Å²) < 4.78 is 0. The number of rotatable bonds is 10. The maximum Gasteiger partial charge on any atom is 0.331 e. The molecule has 0 aromatic rings. The van der Waals surface area contributed by atoms with Crippen LogP contribution in [0.3, 0.4) is 0 Å². The molecule has 0 aromatic heterocycles. The highest BCUT2D eigenvalue weighted by molar-refractivity contribution is 5.87. The Bertz CT molecular complexity index is 330. The van der Waals surface area contributed by atoms with Gasteiger partial charge in [0.15, 0.2) is 0 Å². The molecule has 102 valence electrons. The average Bonchev–Trinajstić information content (AvgIpc) is 2.25. The van der Waals surface area contributed by atoms with Crippen molar-refractivity contribution in [2.45, 2.75) is 51.9 Å². The van der Waals surface area contributed by atoms with Gasteiger partial charge in [-0.15, -0.1) is 0 Å². The van der Waals surface area contributed by atoms with Crippen LogP contribution in [0.1, 0.15) is 51.9 Å². The van der Waals surface area contributed by atoms with E-state index in [-0.39, 0.29) is 17.8 Å². The van der Waals surface area contributed by atoms with Crippen LogP contribution in [0.5, 0.6) is 0 Å². The SMILES string of the molecule is CC(=O)CCCCCCC(=CCC(=O)O)C(=O)O. The summed E-state index contributed by atoms with van der Waals surface area (Å²) >= 11 is 0. The second kappa shape index (κ2) is 9.39. The van der Waals surface area contributed by atoms with Crippen molar-refractivity contribution < 1.29 is 24.6 Å². The summed E-state index contributed by atoms with van der Waals surface area (Å²) in [6.45, 7) is 1.55. The van der Waals surface area contributed by atoms with Gasteiger partial charge in [-0.25, -0.2) is 4.79 Å². The van der Waals surface area contributed by atoms with Gasteiger partial charge >= 0.3 is 11.9 Å². The van der Waals surface area contributed by atoms with Gasteiger partial charge in [-0.3, -0.25) is 4.79 Å². The second-order valence-corrected chi connectivity index (χ2v) is 4.25. The molecule has 18 heavy (non-hydrogen) atoms. The molecule has 0 fully saturated rings. The Hall–Kier alpha value is -1.65. The first kappa shape index (κ1) is 16.4. The smallest absolute Gasteiger partial charge is 0.331 e. The van der Waals surface area contributed by atoms with E-state index in [1.165, 1.54) is 6.08 Å². The van der Waals surface area contributed by atoms with Gasteiger partial charge in [-0.2, -0.15) is 0 Å². The van der Waals surface area contributed by atoms with Gasteiger partial charge in [0.05, 0.1) is 6.42 Å². The highest BCUT2D eigenvalue weighted by Gasteiger charge is 2.07. The van der Waals surface area contributed by atoms with Crippen LogP contribution in [-0.4, -0.2) is 27.9 Å². The van der Waals surface area contributed by atoms with Gasteiger partial charge in [0.2, 0.25) is 0 Å². The van der Waals surface area contributed by atoms with Crippen molar-refractivity contribution in [1.82, 2.24) is 0 Å². The van der Waals surface area contributed by atoms with Crippen molar-refractivity contribution in [3.8, 4) is 0 Å². The third-order valence-electron chi connectivity index (χ3n) is 2.52. The van der Waals surface area contributed by atoms with Gasteiger partial charge < -0.3 is 15.0 Å². The average molecular weight is 256 g/mol. The molecule has 0 unspecified atom stereocenters. The summed E-state index contributed by atoms with van der Waals surface area (Å²) in [6, 6.07) is 0. The maximum absolute atomic E-state index is 10.8. The van der Waals surface area contributed by atoms with Crippen molar-refractivity contribution in [3.63, 3.8) is 0 Å². The van der Waals surface area contributed by atoms with Crippen LogP contribution in [0.2, 0.25) is 0 Å². The molecule has 0 saturated carbocycles. The third kappa shape index (κ3) is 9.57. The zero-order valence-electron chi connectivity index (χ0n) is 10.6. The lowest BCUT2D eigenvalue weighted by molar-refractivity contribution is -0.136. The Morgan fingerprint density at radius 2 is 1.50 bits per heavy atom. The summed E-state index contributed by atoms with van der Waals surface area (Å²) in [6.07, 6.45) is 5.22. The number of carboxylic acid groups (broad SMARTS) is 2. The molecule has 2 N–H and O–H groups in total. The highest BCUT2D eigenvalue weighted by atomic mass is 16.4. The molecule has 0 spiro atoms. The summed E-state index contributed by atoms with van der Waals surface area (Å²) in [5.41, 5.74) is 0.156. The molecular weight excluding hydrogens is 236 g/mol. The zero-order valence-corrected chi connectivity index (χ0v) is 10.6. The topological polar surface area (TPSA) is 91.7 Å². The van der Waals surface area contributed by atoms with Gasteiger partial charge in [0, 0.05) is 12.0 Å². The molecule has 0 bridgehead atoms. The predicted molar refractivity (Wildman–Crippen MR) is 66.4 cm³/mol. The minimum absolute atomic E-state index is 0.156. The quantitative estimate of drug-likeness (QED) is 0.462. The van der Waals surface area contributed by atoms with Crippen LogP contribution in [0.25, 0.3) is 0 Å². The first-order valence-corrected chi connectivity index (χ1v) is 6.07. The van der Waals surface area contributed by atoms with Crippen LogP contribution in [-0.2, 0) is 14.4 Å². The third-order valence-corrected chi connectivity index (χ3v) is 2.52. The molecule has 0 aliphatic heterocycles. The van der Waals surface area contributed by atoms with E-state index in [0.29, 0.717) is 19.3 Å². The summed E-state index contributed by atoms with van der Waals surface area (Å²) in [7, 11) is 0. The van der Waals surface area contributed by atoms with Crippen LogP contribution in [0.4, 0.5) is 0 Å². The van der Waals surface area contributed by atoms with Crippen molar-refractivity contribution in [2.75, 3.05) is 0 Å². The lowest BCUT2D eigenvalue weighted by Crippen LogP contribution is -2.02. The molecule has 0 heterocycles. The van der Waals surface area contributed by atoms with Crippen LogP contribution >= 0.6 is 0 Å². The molecule has 0 radical (unpaired) electrons. The predicted octanol–water partition coefficient (Wildman–Crippen LogP) is 2.40. The van der Waals surface area contributed by atoms with E-state index in [9.17, 15) is 14.4 Å². The monoisotopic (exact) mass is 256 g/mol. The lowest BCUT2D eigenvalue weighted by atomic mass is 10.0. The first-order valence-electron chi connectivity index (χ1n) is 6.07. The molecule has 0 aliphatic rings. The fraction of sp³-hybridized carbons (Fsp3) is 0.615. The standard InChI is InChI=1S/C13H20O5/c1-10(14)6-4-2-3-5-7-11(13(17)18)8-9-12(15)16/h8H,2-7,9H2,1H3,(H,15,16)(H,17,18). The van der Waals surface area contributed by atoms with E-state index < -0.39 is 11.9 Å². The Morgan fingerprint density at radius 1 is 0.944 bits per heavy atom. The molecule has 0 saturated heterocycles. The number of carboxylic acids is 2. The number of Topliss-reactive ketones (excluding diaryl/α,β-unsaturated/α-hetero) is 1. The van der Waals surface area contributed by atoms with E-state index in [4.69, 9.17) is 10.2 Å². The van der Waals surface area contributed by atoms with Crippen molar-refractivity contribution in [3.05, 3.63) is 11.6 Å². The normalized spacial score (nSPS) is 11.3. The van der Waals surface area contributed by atoms with Crippen LogP contribution < -0.4 is 0 Å². The van der Waals surface area contributed by atoms with E-state index in [2.05, 4.69) is 0 Å². The summed E-state index contributed by atoms with van der Waals surface area (Å²) in [4.78, 5) is 31.8. The van der Waals surface area contributed by atoms with Gasteiger partial charge in [-0.05, 0) is 26.2 Å².